The Hall–Kier alpha value is -1.89. The molecule has 0 spiro atoms. The molecule has 1 atom stereocenters. The molecule has 0 saturated heterocycles. The van der Waals surface area contributed by atoms with Crippen molar-refractivity contribution in [2.24, 2.45) is 4.99 Å². The van der Waals surface area contributed by atoms with Gasteiger partial charge < -0.3 is 4.74 Å². The van der Waals surface area contributed by atoms with Crippen molar-refractivity contribution < 1.29 is 9.57 Å². The maximum Gasteiger partial charge on any atom is 0.227 e. The fourth-order valence-electron chi connectivity index (χ4n) is 2.27. The van der Waals surface area contributed by atoms with E-state index in [1.165, 1.54) is 5.56 Å². The molecule has 6 heteroatoms. The number of methoxy groups -OCH3 is 1. The molecule has 0 fully saturated rings. The number of fused-ring (bicyclic) bond motifs is 1. The third-order valence-electron chi connectivity index (χ3n) is 3.26. The van der Waals surface area contributed by atoms with Gasteiger partial charge in [-0.1, -0.05) is 30.3 Å². The predicted octanol–water partition coefficient (Wildman–Crippen LogP) is 1.03. The average molecular weight is 303 g/mol. The van der Waals surface area contributed by atoms with Gasteiger partial charge in [0.15, 0.2) is 0 Å². The van der Waals surface area contributed by atoms with Gasteiger partial charge in [0.2, 0.25) is 12.2 Å². The normalized spacial score (nSPS) is 17.3. The summed E-state index contributed by atoms with van der Waals surface area (Å²) in [4.78, 5) is 10.1. The first-order valence-corrected chi connectivity index (χ1v) is 7.51. The van der Waals surface area contributed by atoms with E-state index in [2.05, 4.69) is 22.4 Å². The second-order valence-corrected chi connectivity index (χ2v) is 5.42. The summed E-state index contributed by atoms with van der Waals surface area (Å²) in [5.74, 6) is 0.675. The summed E-state index contributed by atoms with van der Waals surface area (Å²) in [6.07, 6.45) is -0.309. The number of benzene rings is 1. The van der Waals surface area contributed by atoms with Gasteiger partial charge in [-0.3, -0.25) is 10.2 Å². The minimum Gasteiger partial charge on any atom is -0.480 e. The molecule has 1 aliphatic heterocycles. The van der Waals surface area contributed by atoms with Gasteiger partial charge in [0.05, 0.1) is 19.4 Å². The number of nitrogens with zero attached hydrogens (tertiary/aromatic N) is 2. The molecule has 0 saturated carbocycles. The van der Waals surface area contributed by atoms with Crippen LogP contribution in [0.25, 0.3) is 5.88 Å². The van der Waals surface area contributed by atoms with E-state index in [0.717, 1.165) is 9.89 Å². The molecule has 1 aliphatic rings. The van der Waals surface area contributed by atoms with Crippen molar-refractivity contribution in [2.45, 2.75) is 12.8 Å². The van der Waals surface area contributed by atoms with Gasteiger partial charge in [0, 0.05) is 6.54 Å². The molecule has 0 amide bonds. The highest BCUT2D eigenvalue weighted by Crippen LogP contribution is 2.13. The second-order valence-electron chi connectivity index (χ2n) is 4.53. The van der Waals surface area contributed by atoms with Crippen molar-refractivity contribution >= 4 is 17.2 Å². The lowest BCUT2D eigenvalue weighted by molar-refractivity contribution is -0.140. The molecule has 1 aromatic carbocycles. The Balaban J connectivity index is 1.86. The van der Waals surface area contributed by atoms with Crippen LogP contribution in [0.2, 0.25) is 0 Å². The van der Waals surface area contributed by atoms with E-state index in [0.29, 0.717) is 12.4 Å². The van der Waals surface area contributed by atoms with Crippen molar-refractivity contribution in [1.29, 1.82) is 0 Å². The molecule has 2 aromatic rings. The molecule has 21 heavy (non-hydrogen) atoms. The molecule has 0 bridgehead atoms. The number of rotatable bonds is 5. The van der Waals surface area contributed by atoms with Crippen LogP contribution in [0.15, 0.2) is 46.8 Å². The Morgan fingerprint density at radius 3 is 2.76 bits per heavy atom. The quantitative estimate of drug-likeness (QED) is 0.896. The minimum absolute atomic E-state index is 0.309. The largest absolute Gasteiger partial charge is 0.480 e. The zero-order valence-electron chi connectivity index (χ0n) is 11.9. The first-order chi connectivity index (χ1) is 10.3. The first kappa shape index (κ1) is 14.1. The topological polar surface area (TPSA) is 46.1 Å². The zero-order valence-corrected chi connectivity index (χ0v) is 12.8. The Kier molecular flexibility index (Phi) is 4.19. The highest BCUT2D eigenvalue weighted by molar-refractivity contribution is 7.07. The summed E-state index contributed by atoms with van der Waals surface area (Å²) in [6, 6.07) is 12.2. The van der Waals surface area contributed by atoms with Crippen LogP contribution in [0.1, 0.15) is 5.56 Å². The predicted molar refractivity (Wildman–Crippen MR) is 81.4 cm³/mol. The molecule has 1 aromatic heterocycles. The van der Waals surface area contributed by atoms with Crippen LogP contribution in [0, 0.1) is 0 Å². The summed E-state index contributed by atoms with van der Waals surface area (Å²) in [5.41, 5.74) is 1.19. The zero-order chi connectivity index (χ0) is 14.7. The van der Waals surface area contributed by atoms with Crippen molar-refractivity contribution in [2.75, 3.05) is 14.2 Å². The lowest BCUT2D eigenvalue weighted by Gasteiger charge is -2.31. The average Bonchev–Trinajstić information content (AvgIpc) is 3.00. The van der Waals surface area contributed by atoms with Crippen LogP contribution < -0.4 is 15.2 Å². The Morgan fingerprint density at radius 2 is 2.05 bits per heavy atom. The van der Waals surface area contributed by atoms with Crippen molar-refractivity contribution in [3.63, 3.8) is 0 Å². The van der Waals surface area contributed by atoms with Gasteiger partial charge >= 0.3 is 0 Å². The highest BCUT2D eigenvalue weighted by Gasteiger charge is 2.25. The molecule has 1 unspecified atom stereocenters. The Morgan fingerprint density at radius 1 is 1.24 bits per heavy atom. The number of thiophene rings is 1. The molecule has 0 aliphatic carbocycles. The number of hydrogen-bond acceptors (Lipinski definition) is 6. The standard InChI is InChI=1S/C15H17N3O2S/c1-19-14-12-8-9-21-13(12)17-15(18(14)20-2)16-10-11-6-4-3-5-7-11/h3-9,15-16H,10H2,1-2H3. The van der Waals surface area contributed by atoms with Crippen LogP contribution >= 0.6 is 11.3 Å². The van der Waals surface area contributed by atoms with Crippen LogP contribution in [-0.2, 0) is 16.1 Å². The molecular formula is C15H17N3O2S. The maximum absolute atomic E-state index is 5.49. The number of hydroxylamine groups is 2. The van der Waals surface area contributed by atoms with Crippen LogP contribution in [0.3, 0.4) is 0 Å². The summed E-state index contributed by atoms with van der Waals surface area (Å²) >= 11 is 1.59. The van der Waals surface area contributed by atoms with Gasteiger partial charge in [-0.05, 0) is 17.0 Å². The molecule has 3 rings (SSSR count). The maximum atomic E-state index is 5.49. The fourth-order valence-corrected chi connectivity index (χ4v) is 3.05. The smallest absolute Gasteiger partial charge is 0.227 e. The molecule has 5 nitrogen and oxygen atoms in total. The lowest BCUT2D eigenvalue weighted by atomic mass is 10.2. The highest BCUT2D eigenvalue weighted by atomic mass is 32.1. The summed E-state index contributed by atoms with van der Waals surface area (Å²) < 4.78 is 6.44. The molecule has 110 valence electrons. The molecular weight excluding hydrogens is 286 g/mol. The monoisotopic (exact) mass is 303 g/mol. The van der Waals surface area contributed by atoms with E-state index >= 15 is 0 Å². The third-order valence-corrected chi connectivity index (χ3v) is 4.08. The Labute approximate surface area is 127 Å². The number of hydrogen-bond donors (Lipinski definition) is 1. The first-order valence-electron chi connectivity index (χ1n) is 6.64. The summed E-state index contributed by atoms with van der Waals surface area (Å²) in [7, 11) is 3.26. The van der Waals surface area contributed by atoms with Gasteiger partial charge in [-0.25, -0.2) is 4.99 Å². The second kappa shape index (κ2) is 6.26. The van der Waals surface area contributed by atoms with E-state index in [1.807, 2.05) is 29.6 Å². The fraction of sp³-hybridized carbons (Fsp3) is 0.267. The number of nitrogens with one attached hydrogen (secondary N) is 1. The van der Waals surface area contributed by atoms with Crippen molar-refractivity contribution in [1.82, 2.24) is 10.4 Å². The van der Waals surface area contributed by atoms with E-state index in [-0.39, 0.29) is 6.29 Å². The van der Waals surface area contributed by atoms with Crippen molar-refractivity contribution in [3.8, 4) is 0 Å². The van der Waals surface area contributed by atoms with Crippen molar-refractivity contribution in [3.05, 3.63) is 57.2 Å². The van der Waals surface area contributed by atoms with E-state index in [9.17, 15) is 0 Å². The van der Waals surface area contributed by atoms with E-state index in [4.69, 9.17) is 9.57 Å². The minimum atomic E-state index is -0.309. The van der Waals surface area contributed by atoms with Gasteiger partial charge in [0.1, 0.15) is 4.67 Å². The van der Waals surface area contributed by atoms with Gasteiger partial charge in [-0.15, -0.1) is 11.3 Å². The van der Waals surface area contributed by atoms with Crippen LogP contribution in [-0.4, -0.2) is 25.6 Å². The van der Waals surface area contributed by atoms with Gasteiger partial charge in [0.25, 0.3) is 0 Å². The van der Waals surface area contributed by atoms with E-state index in [1.54, 1.807) is 30.6 Å². The molecule has 0 radical (unpaired) electrons. The SMILES string of the molecule is COC1=c2ccsc2=NC(NCc2ccccc2)N1OC. The van der Waals surface area contributed by atoms with E-state index < -0.39 is 0 Å². The summed E-state index contributed by atoms with van der Waals surface area (Å²) in [5, 5.41) is 7.99. The Bertz CT molecular complexity index is 714. The third kappa shape index (κ3) is 2.78. The van der Waals surface area contributed by atoms with Crippen LogP contribution in [0.5, 0.6) is 0 Å². The van der Waals surface area contributed by atoms with Gasteiger partial charge in [-0.2, -0.15) is 5.06 Å². The summed E-state index contributed by atoms with van der Waals surface area (Å²) in [6.45, 7) is 0.701. The molecule has 1 N–H and O–H groups in total. The lowest BCUT2D eigenvalue weighted by Crippen LogP contribution is -2.50. The van der Waals surface area contributed by atoms with Crippen LogP contribution in [0.4, 0.5) is 0 Å². The molecule has 2 heterocycles. The number of ether oxygens (including phenoxy) is 1.